The smallest absolute Gasteiger partial charge is 0.411 e. The summed E-state index contributed by atoms with van der Waals surface area (Å²) in [7, 11) is 0. The number of piperidine rings is 1. The molecule has 0 bridgehead atoms. The van der Waals surface area contributed by atoms with Gasteiger partial charge < -0.3 is 14.8 Å². The Morgan fingerprint density at radius 3 is 2.92 bits per heavy atom. The van der Waals surface area contributed by atoms with Crippen molar-refractivity contribution in [3.05, 3.63) is 24.3 Å². The lowest BCUT2D eigenvalue weighted by atomic mass is 10.0. The number of hydrogen-bond acceptors (Lipinski definition) is 4. The molecule has 0 aromatic heterocycles. The summed E-state index contributed by atoms with van der Waals surface area (Å²) >= 11 is 0. The molecular formula is C19H30N2O3. The molecule has 134 valence electrons. The average Bonchev–Trinajstić information content (AvgIpc) is 2.61. The first-order valence-corrected chi connectivity index (χ1v) is 9.18. The van der Waals surface area contributed by atoms with Crippen LogP contribution in [-0.2, 0) is 4.74 Å². The topological polar surface area (TPSA) is 59.6 Å². The van der Waals surface area contributed by atoms with Gasteiger partial charge in [-0.2, -0.15) is 0 Å². The second-order valence-corrected chi connectivity index (χ2v) is 6.25. The van der Waals surface area contributed by atoms with Gasteiger partial charge in [0.2, 0.25) is 0 Å². The zero-order valence-electron chi connectivity index (χ0n) is 14.7. The number of nitrogens with one attached hydrogen (secondary N) is 2. The van der Waals surface area contributed by atoms with Gasteiger partial charge >= 0.3 is 6.09 Å². The van der Waals surface area contributed by atoms with E-state index in [0.717, 1.165) is 32.2 Å². The third kappa shape index (κ3) is 6.79. The van der Waals surface area contributed by atoms with Gasteiger partial charge in [0.25, 0.3) is 0 Å². The van der Waals surface area contributed by atoms with Gasteiger partial charge in [0.15, 0.2) is 0 Å². The lowest BCUT2D eigenvalue weighted by Gasteiger charge is -2.23. The highest BCUT2D eigenvalue weighted by Gasteiger charge is 2.13. The van der Waals surface area contributed by atoms with Crippen molar-refractivity contribution in [1.29, 1.82) is 0 Å². The van der Waals surface area contributed by atoms with Crippen LogP contribution in [0, 0.1) is 0 Å². The maximum atomic E-state index is 12.0. The predicted molar refractivity (Wildman–Crippen MR) is 96.7 cm³/mol. The fourth-order valence-corrected chi connectivity index (χ4v) is 2.84. The summed E-state index contributed by atoms with van der Waals surface area (Å²) in [5.74, 6) is 0.694. The molecule has 0 saturated carbocycles. The van der Waals surface area contributed by atoms with Gasteiger partial charge in [-0.15, -0.1) is 0 Å². The van der Waals surface area contributed by atoms with E-state index in [4.69, 9.17) is 9.47 Å². The highest BCUT2D eigenvalue weighted by molar-refractivity contribution is 5.86. The first-order chi connectivity index (χ1) is 11.8. The normalized spacial score (nSPS) is 17.3. The molecule has 1 saturated heterocycles. The van der Waals surface area contributed by atoms with Crippen LogP contribution in [-0.4, -0.2) is 31.9 Å². The van der Waals surface area contributed by atoms with Gasteiger partial charge in [0.1, 0.15) is 5.75 Å². The largest absolute Gasteiger partial charge is 0.491 e. The van der Waals surface area contributed by atoms with Crippen molar-refractivity contribution in [1.82, 2.24) is 5.32 Å². The number of anilines is 1. The molecule has 1 amide bonds. The Morgan fingerprint density at radius 2 is 2.12 bits per heavy atom. The standard InChI is InChI=1S/C19H30N2O3/c1-2-3-8-14-23-18-11-5-4-10-17(18)21-19(22)24-15-12-16-9-6-7-13-20-16/h4-5,10-11,16,20H,2-3,6-9,12-15H2,1H3,(H,21,22). The Balaban J connectivity index is 1.72. The molecule has 2 N–H and O–H groups in total. The van der Waals surface area contributed by atoms with Crippen LogP contribution in [0.3, 0.4) is 0 Å². The molecule has 0 aliphatic carbocycles. The van der Waals surface area contributed by atoms with E-state index in [9.17, 15) is 4.79 Å². The number of unbranched alkanes of at least 4 members (excludes halogenated alkanes) is 2. The summed E-state index contributed by atoms with van der Waals surface area (Å²) in [6.45, 7) is 4.33. The summed E-state index contributed by atoms with van der Waals surface area (Å²) in [5.41, 5.74) is 0.662. The third-order valence-electron chi connectivity index (χ3n) is 4.24. The van der Waals surface area contributed by atoms with E-state index in [2.05, 4.69) is 17.6 Å². The molecule has 5 heteroatoms. The second kappa shape index (κ2) is 10.9. The number of rotatable bonds is 9. The van der Waals surface area contributed by atoms with Crippen molar-refractivity contribution in [2.75, 3.05) is 25.1 Å². The van der Waals surface area contributed by atoms with Crippen molar-refractivity contribution in [3.63, 3.8) is 0 Å². The molecule has 5 nitrogen and oxygen atoms in total. The number of amides is 1. The summed E-state index contributed by atoms with van der Waals surface area (Å²) in [6.07, 6.45) is 7.43. The molecule has 2 rings (SSSR count). The molecule has 0 radical (unpaired) electrons. The number of benzene rings is 1. The summed E-state index contributed by atoms with van der Waals surface area (Å²) in [4.78, 5) is 12.0. The van der Waals surface area contributed by atoms with E-state index >= 15 is 0 Å². The third-order valence-corrected chi connectivity index (χ3v) is 4.24. The van der Waals surface area contributed by atoms with Gasteiger partial charge in [-0.25, -0.2) is 4.79 Å². The monoisotopic (exact) mass is 334 g/mol. The summed E-state index contributed by atoms with van der Waals surface area (Å²) < 4.78 is 11.1. The molecule has 1 aromatic carbocycles. The molecule has 1 aliphatic heterocycles. The second-order valence-electron chi connectivity index (χ2n) is 6.25. The Kier molecular flexibility index (Phi) is 8.46. The maximum absolute atomic E-state index is 12.0. The van der Waals surface area contributed by atoms with E-state index in [1.54, 1.807) is 0 Å². The van der Waals surface area contributed by atoms with E-state index in [1.165, 1.54) is 19.3 Å². The lowest BCUT2D eigenvalue weighted by molar-refractivity contribution is 0.153. The van der Waals surface area contributed by atoms with Crippen LogP contribution in [0.1, 0.15) is 51.9 Å². The van der Waals surface area contributed by atoms with Gasteiger partial charge in [0.05, 0.1) is 18.9 Å². The highest BCUT2D eigenvalue weighted by Crippen LogP contribution is 2.24. The molecule has 1 unspecified atom stereocenters. The maximum Gasteiger partial charge on any atom is 0.411 e. The van der Waals surface area contributed by atoms with Crippen LogP contribution >= 0.6 is 0 Å². The van der Waals surface area contributed by atoms with Crippen molar-refractivity contribution in [3.8, 4) is 5.75 Å². The van der Waals surface area contributed by atoms with Crippen LogP contribution in [0.2, 0.25) is 0 Å². The average molecular weight is 334 g/mol. The minimum Gasteiger partial charge on any atom is -0.491 e. The number of para-hydroxylation sites is 2. The number of hydrogen-bond donors (Lipinski definition) is 2. The molecule has 1 heterocycles. The predicted octanol–water partition coefficient (Wildman–Crippen LogP) is 4.34. The first kappa shape index (κ1) is 18.6. The van der Waals surface area contributed by atoms with Crippen molar-refractivity contribution >= 4 is 11.8 Å². The lowest BCUT2D eigenvalue weighted by Crippen LogP contribution is -2.35. The molecule has 1 fully saturated rings. The van der Waals surface area contributed by atoms with Crippen molar-refractivity contribution < 1.29 is 14.3 Å². The van der Waals surface area contributed by atoms with Crippen LogP contribution < -0.4 is 15.4 Å². The molecular weight excluding hydrogens is 304 g/mol. The van der Waals surface area contributed by atoms with Gasteiger partial charge in [-0.1, -0.05) is 38.3 Å². The highest BCUT2D eigenvalue weighted by atomic mass is 16.5. The molecule has 24 heavy (non-hydrogen) atoms. The molecule has 1 aliphatic rings. The van der Waals surface area contributed by atoms with Crippen molar-refractivity contribution in [2.45, 2.75) is 57.9 Å². The number of ether oxygens (including phenoxy) is 2. The van der Waals surface area contributed by atoms with E-state index in [-0.39, 0.29) is 0 Å². The van der Waals surface area contributed by atoms with Gasteiger partial charge in [-0.3, -0.25) is 5.32 Å². The first-order valence-electron chi connectivity index (χ1n) is 9.18. The zero-order chi connectivity index (χ0) is 17.0. The molecule has 1 atom stereocenters. The zero-order valence-corrected chi connectivity index (χ0v) is 14.7. The Morgan fingerprint density at radius 1 is 1.25 bits per heavy atom. The molecule has 1 aromatic rings. The van der Waals surface area contributed by atoms with Crippen LogP contribution in [0.15, 0.2) is 24.3 Å². The van der Waals surface area contributed by atoms with Crippen LogP contribution in [0.25, 0.3) is 0 Å². The van der Waals surface area contributed by atoms with E-state index in [0.29, 0.717) is 30.7 Å². The van der Waals surface area contributed by atoms with E-state index < -0.39 is 6.09 Å². The fourth-order valence-electron chi connectivity index (χ4n) is 2.84. The number of carbonyl (C=O) groups is 1. The van der Waals surface area contributed by atoms with Crippen LogP contribution in [0.5, 0.6) is 5.75 Å². The Bertz CT molecular complexity index is 487. The molecule has 0 spiro atoms. The van der Waals surface area contributed by atoms with Gasteiger partial charge in [0, 0.05) is 6.04 Å². The van der Waals surface area contributed by atoms with Gasteiger partial charge in [-0.05, 0) is 44.4 Å². The van der Waals surface area contributed by atoms with Crippen molar-refractivity contribution in [2.24, 2.45) is 0 Å². The Labute approximate surface area is 145 Å². The Hall–Kier alpha value is -1.75. The fraction of sp³-hybridized carbons (Fsp3) is 0.632. The number of carbonyl (C=O) groups excluding carboxylic acids is 1. The SMILES string of the molecule is CCCCCOc1ccccc1NC(=O)OCCC1CCCCN1. The van der Waals surface area contributed by atoms with E-state index in [1.807, 2.05) is 24.3 Å². The minimum atomic E-state index is -0.421. The summed E-state index contributed by atoms with van der Waals surface area (Å²) in [5, 5.41) is 6.24. The van der Waals surface area contributed by atoms with Crippen LogP contribution in [0.4, 0.5) is 10.5 Å². The minimum absolute atomic E-state index is 0.421. The summed E-state index contributed by atoms with van der Waals surface area (Å²) in [6, 6.07) is 7.95. The quantitative estimate of drug-likeness (QED) is 0.660.